The van der Waals surface area contributed by atoms with Crippen LogP contribution in [0, 0.1) is 5.82 Å². The predicted octanol–water partition coefficient (Wildman–Crippen LogP) is 5.31. The lowest BCUT2D eigenvalue weighted by Crippen LogP contribution is -2.55. The average Bonchev–Trinajstić information content (AvgIpc) is 3.05. The first-order valence-electron chi connectivity index (χ1n) is 14.1. The molecule has 0 saturated carbocycles. The van der Waals surface area contributed by atoms with E-state index in [2.05, 4.69) is 25.0 Å². The monoisotopic (exact) mass is 564 g/mol. The van der Waals surface area contributed by atoms with Crippen LogP contribution >= 0.6 is 0 Å². The number of piperazine rings is 1. The quantitative estimate of drug-likeness (QED) is 0.328. The fourth-order valence-corrected chi connectivity index (χ4v) is 5.54. The average molecular weight is 565 g/mol. The lowest BCUT2D eigenvalue weighted by Gasteiger charge is -2.45. The maximum Gasteiger partial charge on any atom is 0.222 e. The first kappa shape index (κ1) is 27.3. The van der Waals surface area contributed by atoms with E-state index in [0.717, 1.165) is 66.1 Å². The fraction of sp³-hybridized carbons (Fsp3) is 0.242. The Bertz CT molecular complexity index is 1540. The molecule has 0 aliphatic carbocycles. The summed E-state index contributed by atoms with van der Waals surface area (Å²) in [6.07, 6.45) is 3.83. The van der Waals surface area contributed by atoms with E-state index in [9.17, 15) is 9.18 Å². The molecule has 1 N–H and O–H groups in total. The number of aliphatic imine (C=N–C) groups is 1. The van der Waals surface area contributed by atoms with Crippen LogP contribution in [0.3, 0.4) is 0 Å². The summed E-state index contributed by atoms with van der Waals surface area (Å²) in [6.45, 7) is 3.53. The van der Waals surface area contributed by atoms with Gasteiger partial charge in [0.15, 0.2) is 0 Å². The minimum absolute atomic E-state index is 0.0820. The maximum absolute atomic E-state index is 14.0. The van der Waals surface area contributed by atoms with Gasteiger partial charge in [-0.3, -0.25) is 9.78 Å². The molecule has 1 unspecified atom stereocenters. The Balaban J connectivity index is 1.27. The van der Waals surface area contributed by atoms with Crippen LogP contribution in [0.5, 0.6) is 5.75 Å². The number of carbonyl (C=O) groups excluding carboxylic acids is 1. The van der Waals surface area contributed by atoms with E-state index in [1.54, 1.807) is 19.2 Å². The number of nitrogens with one attached hydrogen (secondary N) is 1. The zero-order chi connectivity index (χ0) is 28.9. The molecule has 3 aromatic carbocycles. The van der Waals surface area contributed by atoms with Crippen molar-refractivity contribution >= 4 is 28.9 Å². The van der Waals surface area contributed by atoms with E-state index < -0.39 is 0 Å². The lowest BCUT2D eigenvalue weighted by molar-refractivity contribution is -0.121. The molecule has 0 spiro atoms. The summed E-state index contributed by atoms with van der Waals surface area (Å²) in [6, 6.07) is 25.7. The van der Waals surface area contributed by atoms with Gasteiger partial charge in [-0.2, -0.15) is 0 Å². The number of aromatic nitrogens is 1. The third kappa shape index (κ3) is 5.90. The molecular weight excluding hydrogens is 531 g/mol. The Morgan fingerprint density at radius 1 is 0.881 bits per heavy atom. The standard InChI is InChI=1S/C33H33FN6O2/c1-42-28-12-6-24(7-13-28)23-36-32(41)22-31-29-4-2-3-5-30(29)37-33(40(31)27-10-8-25(34)9-11-27)39-20-18-38(19-21-39)26-14-16-35-17-15-26/h2-17,31H,18-23H2,1H3,(H,36,41). The third-order valence-corrected chi connectivity index (χ3v) is 7.77. The fourth-order valence-electron chi connectivity index (χ4n) is 5.54. The van der Waals surface area contributed by atoms with Crippen LogP contribution in [-0.4, -0.2) is 55.0 Å². The van der Waals surface area contributed by atoms with Crippen molar-refractivity contribution in [2.75, 3.05) is 43.1 Å². The Labute approximate surface area is 245 Å². The molecule has 1 aromatic heterocycles. The Kier molecular flexibility index (Phi) is 7.98. The number of ether oxygens (including phenoxy) is 1. The van der Waals surface area contributed by atoms with Crippen molar-refractivity contribution < 1.29 is 13.9 Å². The number of hydrogen-bond donors (Lipinski definition) is 1. The second-order valence-corrected chi connectivity index (χ2v) is 10.3. The lowest BCUT2D eigenvalue weighted by atomic mass is 9.97. The largest absolute Gasteiger partial charge is 0.497 e. The molecule has 1 saturated heterocycles. The summed E-state index contributed by atoms with van der Waals surface area (Å²) in [4.78, 5) is 29.4. The van der Waals surface area contributed by atoms with E-state index in [1.807, 2.05) is 73.1 Å². The molecule has 9 heteroatoms. The number of methoxy groups -OCH3 is 1. The highest BCUT2D eigenvalue weighted by Crippen LogP contribution is 2.40. The van der Waals surface area contributed by atoms with Crippen LogP contribution in [0.15, 0.2) is 102 Å². The number of amides is 1. The zero-order valence-electron chi connectivity index (χ0n) is 23.5. The molecule has 1 atom stereocenters. The van der Waals surface area contributed by atoms with Gasteiger partial charge in [-0.15, -0.1) is 0 Å². The van der Waals surface area contributed by atoms with Gasteiger partial charge in [0.2, 0.25) is 11.9 Å². The molecule has 2 aliphatic heterocycles. The summed E-state index contributed by atoms with van der Waals surface area (Å²) in [5.74, 6) is 1.14. The van der Waals surface area contributed by atoms with Crippen molar-refractivity contribution in [1.82, 2.24) is 15.2 Å². The molecule has 3 heterocycles. The molecule has 6 rings (SSSR count). The highest BCUT2D eigenvalue weighted by atomic mass is 19.1. The minimum Gasteiger partial charge on any atom is -0.497 e. The topological polar surface area (TPSA) is 73.3 Å². The van der Waals surface area contributed by atoms with Gasteiger partial charge in [0.05, 0.1) is 25.3 Å². The van der Waals surface area contributed by atoms with Gasteiger partial charge in [-0.1, -0.05) is 30.3 Å². The van der Waals surface area contributed by atoms with Crippen LogP contribution in [0.1, 0.15) is 23.6 Å². The first-order chi connectivity index (χ1) is 20.6. The SMILES string of the molecule is COc1ccc(CNC(=O)CC2c3ccccc3N=C(N3CCN(c4ccncc4)CC3)N2c2ccc(F)cc2)cc1. The minimum atomic E-state index is -0.326. The Morgan fingerprint density at radius 2 is 1.57 bits per heavy atom. The Hall–Kier alpha value is -4.92. The number of anilines is 2. The number of halogens is 1. The van der Waals surface area contributed by atoms with E-state index in [-0.39, 0.29) is 24.2 Å². The normalized spacial score (nSPS) is 16.5. The molecule has 0 radical (unpaired) electrons. The van der Waals surface area contributed by atoms with Gasteiger partial charge >= 0.3 is 0 Å². The molecular formula is C33H33FN6O2. The highest BCUT2D eigenvalue weighted by molar-refractivity contribution is 6.01. The van der Waals surface area contributed by atoms with E-state index in [1.165, 1.54) is 12.1 Å². The van der Waals surface area contributed by atoms with Gasteiger partial charge in [0.1, 0.15) is 11.6 Å². The van der Waals surface area contributed by atoms with Crippen LogP contribution in [0.2, 0.25) is 0 Å². The van der Waals surface area contributed by atoms with E-state index in [0.29, 0.717) is 6.54 Å². The van der Waals surface area contributed by atoms with Crippen molar-refractivity contribution in [2.24, 2.45) is 4.99 Å². The molecule has 214 valence electrons. The summed E-state index contributed by atoms with van der Waals surface area (Å²) < 4.78 is 19.3. The van der Waals surface area contributed by atoms with Crippen molar-refractivity contribution in [1.29, 1.82) is 0 Å². The van der Waals surface area contributed by atoms with Crippen LogP contribution in [0.4, 0.5) is 21.5 Å². The molecule has 42 heavy (non-hydrogen) atoms. The second-order valence-electron chi connectivity index (χ2n) is 10.3. The van der Waals surface area contributed by atoms with Gasteiger partial charge in [0, 0.05) is 62.1 Å². The van der Waals surface area contributed by atoms with Crippen LogP contribution < -0.4 is 19.9 Å². The van der Waals surface area contributed by atoms with Crippen molar-refractivity contribution in [3.05, 3.63) is 114 Å². The molecule has 8 nitrogen and oxygen atoms in total. The van der Waals surface area contributed by atoms with Gasteiger partial charge in [0.25, 0.3) is 0 Å². The van der Waals surface area contributed by atoms with Crippen LogP contribution in [0.25, 0.3) is 0 Å². The number of fused-ring (bicyclic) bond motifs is 1. The number of pyridine rings is 1. The van der Waals surface area contributed by atoms with Crippen molar-refractivity contribution in [3.8, 4) is 5.75 Å². The summed E-state index contributed by atoms with van der Waals surface area (Å²) in [7, 11) is 1.63. The number of hydrogen-bond acceptors (Lipinski definition) is 7. The number of guanidine groups is 1. The van der Waals surface area contributed by atoms with Crippen LogP contribution in [-0.2, 0) is 11.3 Å². The van der Waals surface area contributed by atoms with Gasteiger partial charge < -0.3 is 24.8 Å². The number of nitrogens with zero attached hydrogens (tertiary/aromatic N) is 5. The predicted molar refractivity (Wildman–Crippen MR) is 163 cm³/mol. The van der Waals surface area contributed by atoms with E-state index >= 15 is 0 Å². The molecule has 2 aliphatic rings. The third-order valence-electron chi connectivity index (χ3n) is 7.77. The number of rotatable bonds is 7. The highest BCUT2D eigenvalue weighted by Gasteiger charge is 2.36. The number of carbonyl (C=O) groups is 1. The molecule has 1 fully saturated rings. The molecule has 0 bridgehead atoms. The van der Waals surface area contributed by atoms with Gasteiger partial charge in [-0.05, 0) is 60.2 Å². The van der Waals surface area contributed by atoms with Gasteiger partial charge in [-0.25, -0.2) is 9.38 Å². The molecule has 4 aromatic rings. The number of para-hydroxylation sites is 1. The van der Waals surface area contributed by atoms with Crippen molar-refractivity contribution in [2.45, 2.75) is 19.0 Å². The summed E-state index contributed by atoms with van der Waals surface area (Å²) in [5, 5.41) is 3.08. The maximum atomic E-state index is 14.0. The summed E-state index contributed by atoms with van der Waals surface area (Å²) >= 11 is 0. The van der Waals surface area contributed by atoms with E-state index in [4.69, 9.17) is 9.73 Å². The first-order valence-corrected chi connectivity index (χ1v) is 14.1. The summed E-state index contributed by atoms with van der Waals surface area (Å²) in [5.41, 5.74) is 4.71. The Morgan fingerprint density at radius 3 is 2.29 bits per heavy atom. The second kappa shape index (κ2) is 12.3. The zero-order valence-corrected chi connectivity index (χ0v) is 23.5. The van der Waals surface area contributed by atoms with Crippen molar-refractivity contribution in [3.63, 3.8) is 0 Å². The smallest absolute Gasteiger partial charge is 0.222 e. The molecule has 1 amide bonds. The number of benzene rings is 3.